The minimum absolute atomic E-state index is 0.0693. The highest BCUT2D eigenvalue weighted by atomic mass is 19.1. The topological polar surface area (TPSA) is 92.0 Å². The number of aliphatic hydroxyl groups excluding tert-OH is 1. The molecular formula is C19H18FN3O3. The first-order valence-electron chi connectivity index (χ1n) is 8.25. The number of H-pyrrole nitrogens is 1. The van der Waals surface area contributed by atoms with Crippen molar-refractivity contribution in [3.63, 3.8) is 0 Å². The minimum Gasteiger partial charge on any atom is -0.504 e. The zero-order valence-corrected chi connectivity index (χ0v) is 14.2. The van der Waals surface area contributed by atoms with Gasteiger partial charge < -0.3 is 9.52 Å². The van der Waals surface area contributed by atoms with E-state index in [0.717, 1.165) is 18.1 Å². The molecule has 0 aliphatic carbocycles. The highest BCUT2D eigenvalue weighted by Gasteiger charge is 2.14. The van der Waals surface area contributed by atoms with E-state index in [4.69, 9.17) is 4.42 Å². The summed E-state index contributed by atoms with van der Waals surface area (Å²) in [5, 5.41) is 16.6. The Labute approximate surface area is 149 Å². The van der Waals surface area contributed by atoms with Crippen molar-refractivity contribution in [1.29, 1.82) is 0 Å². The van der Waals surface area contributed by atoms with Crippen LogP contribution in [0.2, 0.25) is 0 Å². The number of ketones is 1. The number of hydrogen-bond acceptors (Lipinski definition) is 5. The zero-order valence-electron chi connectivity index (χ0n) is 14.2. The summed E-state index contributed by atoms with van der Waals surface area (Å²) in [5.74, 6) is 0.252. The molecular weight excluding hydrogens is 337 g/mol. The number of carbonyl (C=O) groups excluding carboxylic acids is 1. The number of aryl methyl sites for hydroxylation is 1. The molecule has 1 aromatic carbocycles. The first-order valence-corrected chi connectivity index (χ1v) is 8.25. The minimum atomic E-state index is -0.491. The Morgan fingerprint density at radius 2 is 2.04 bits per heavy atom. The third-order valence-corrected chi connectivity index (χ3v) is 3.71. The molecule has 3 aromatic rings. The second kappa shape index (κ2) is 7.77. The highest BCUT2D eigenvalue weighted by molar-refractivity contribution is 6.05. The summed E-state index contributed by atoms with van der Waals surface area (Å²) in [7, 11) is 0. The summed E-state index contributed by atoms with van der Waals surface area (Å²) < 4.78 is 18.4. The summed E-state index contributed by atoms with van der Waals surface area (Å²) in [6.45, 7) is 2.00. The van der Waals surface area contributed by atoms with E-state index >= 15 is 0 Å². The Kier molecular flexibility index (Phi) is 5.26. The molecule has 0 aliphatic rings. The Balaban J connectivity index is 1.69. The van der Waals surface area contributed by atoms with Gasteiger partial charge in [0.25, 0.3) is 0 Å². The molecule has 2 N–H and O–H groups in total. The van der Waals surface area contributed by atoms with E-state index in [0.29, 0.717) is 24.4 Å². The van der Waals surface area contributed by atoms with E-state index in [-0.39, 0.29) is 23.2 Å². The number of nitrogens with one attached hydrogen (secondary N) is 1. The number of rotatable bonds is 7. The van der Waals surface area contributed by atoms with Crippen LogP contribution in [0.3, 0.4) is 0 Å². The molecule has 2 heterocycles. The largest absolute Gasteiger partial charge is 0.504 e. The van der Waals surface area contributed by atoms with Crippen LogP contribution in [0.4, 0.5) is 4.39 Å². The van der Waals surface area contributed by atoms with Gasteiger partial charge in [-0.05, 0) is 36.2 Å². The molecule has 0 spiro atoms. The molecule has 2 aromatic heterocycles. The summed E-state index contributed by atoms with van der Waals surface area (Å²) in [5.41, 5.74) is 0.863. The van der Waals surface area contributed by atoms with Crippen molar-refractivity contribution in [2.45, 2.75) is 26.2 Å². The number of nitrogens with zero attached hydrogens (tertiary/aromatic N) is 2. The monoisotopic (exact) mass is 355 g/mol. The molecule has 0 atom stereocenters. The van der Waals surface area contributed by atoms with Gasteiger partial charge in [-0.1, -0.05) is 19.1 Å². The number of aliphatic hydroxyl groups is 1. The SMILES string of the molecule is CCCc1nc(/C(O)=C/C(=O)c2ccc(Cc3ccc(F)cc3)o2)n[nH]1. The van der Waals surface area contributed by atoms with Crippen LogP contribution in [0.25, 0.3) is 5.76 Å². The van der Waals surface area contributed by atoms with Crippen LogP contribution in [0.5, 0.6) is 0 Å². The molecule has 134 valence electrons. The van der Waals surface area contributed by atoms with Crippen LogP contribution in [-0.2, 0) is 12.8 Å². The quantitative estimate of drug-likeness (QED) is 0.381. The van der Waals surface area contributed by atoms with Gasteiger partial charge in [0.15, 0.2) is 11.5 Å². The van der Waals surface area contributed by atoms with E-state index in [9.17, 15) is 14.3 Å². The van der Waals surface area contributed by atoms with Crippen molar-refractivity contribution in [2.75, 3.05) is 0 Å². The number of hydrogen-bond donors (Lipinski definition) is 2. The molecule has 26 heavy (non-hydrogen) atoms. The van der Waals surface area contributed by atoms with Crippen molar-refractivity contribution in [2.24, 2.45) is 0 Å². The summed E-state index contributed by atoms with van der Waals surface area (Å²) in [6, 6.07) is 9.26. The molecule has 0 saturated heterocycles. The van der Waals surface area contributed by atoms with Gasteiger partial charge in [0.1, 0.15) is 17.4 Å². The van der Waals surface area contributed by atoms with Crippen LogP contribution in [0, 0.1) is 5.82 Å². The third-order valence-electron chi connectivity index (χ3n) is 3.71. The summed E-state index contributed by atoms with van der Waals surface area (Å²) in [6.07, 6.45) is 3.06. The van der Waals surface area contributed by atoms with Crippen LogP contribution in [0.1, 0.15) is 46.9 Å². The molecule has 0 fully saturated rings. The second-order valence-electron chi connectivity index (χ2n) is 5.82. The van der Waals surface area contributed by atoms with E-state index in [1.165, 1.54) is 18.2 Å². The standard InChI is InChI=1S/C19H18FN3O3/c1-2-3-18-21-19(23-22-18)16(25)11-15(24)17-9-8-14(26-17)10-12-4-6-13(20)7-5-12/h4-9,11,25H,2-3,10H2,1H3,(H,21,22,23)/b16-11-. The zero-order chi connectivity index (χ0) is 18.5. The number of carbonyl (C=O) groups is 1. The van der Waals surface area contributed by atoms with Crippen molar-refractivity contribution in [3.8, 4) is 0 Å². The summed E-state index contributed by atoms with van der Waals surface area (Å²) >= 11 is 0. The van der Waals surface area contributed by atoms with Gasteiger partial charge >= 0.3 is 0 Å². The number of furan rings is 1. The molecule has 0 amide bonds. The van der Waals surface area contributed by atoms with Gasteiger partial charge in [0.2, 0.25) is 11.6 Å². The predicted molar refractivity (Wildman–Crippen MR) is 93.2 cm³/mol. The lowest BCUT2D eigenvalue weighted by atomic mass is 10.1. The van der Waals surface area contributed by atoms with Gasteiger partial charge in [-0.15, -0.1) is 0 Å². The normalized spacial score (nSPS) is 11.7. The molecule has 0 saturated carbocycles. The van der Waals surface area contributed by atoms with Gasteiger partial charge in [-0.3, -0.25) is 9.89 Å². The lowest BCUT2D eigenvalue weighted by Crippen LogP contribution is -1.96. The molecule has 0 unspecified atom stereocenters. The molecule has 0 radical (unpaired) electrons. The number of aromatic amines is 1. The number of allylic oxidation sites excluding steroid dienone is 1. The van der Waals surface area contributed by atoms with Gasteiger partial charge in [0.05, 0.1) is 0 Å². The van der Waals surface area contributed by atoms with Crippen LogP contribution >= 0.6 is 0 Å². The summed E-state index contributed by atoms with van der Waals surface area (Å²) in [4.78, 5) is 16.3. The van der Waals surface area contributed by atoms with E-state index < -0.39 is 5.78 Å². The van der Waals surface area contributed by atoms with Crippen molar-refractivity contribution >= 4 is 11.5 Å². The van der Waals surface area contributed by atoms with E-state index in [1.54, 1.807) is 18.2 Å². The van der Waals surface area contributed by atoms with Crippen molar-refractivity contribution in [1.82, 2.24) is 15.2 Å². The predicted octanol–water partition coefficient (Wildman–Crippen LogP) is 3.86. The van der Waals surface area contributed by atoms with Crippen LogP contribution in [-0.4, -0.2) is 26.1 Å². The number of aromatic nitrogens is 3. The molecule has 6 nitrogen and oxygen atoms in total. The van der Waals surface area contributed by atoms with Gasteiger partial charge in [-0.25, -0.2) is 9.37 Å². The maximum Gasteiger partial charge on any atom is 0.224 e. The first-order chi connectivity index (χ1) is 12.5. The molecule has 3 rings (SSSR count). The smallest absolute Gasteiger partial charge is 0.224 e. The van der Waals surface area contributed by atoms with E-state index in [1.807, 2.05) is 6.92 Å². The molecule has 0 aliphatic heterocycles. The Hall–Kier alpha value is -3.22. The fourth-order valence-electron chi connectivity index (χ4n) is 2.43. The van der Waals surface area contributed by atoms with Crippen LogP contribution in [0.15, 0.2) is 46.9 Å². The second-order valence-corrected chi connectivity index (χ2v) is 5.82. The van der Waals surface area contributed by atoms with Crippen molar-refractivity contribution < 1.29 is 18.7 Å². The number of benzene rings is 1. The maximum atomic E-state index is 12.9. The van der Waals surface area contributed by atoms with Gasteiger partial charge in [0, 0.05) is 18.9 Å². The molecule has 7 heteroatoms. The Morgan fingerprint density at radius 3 is 2.77 bits per heavy atom. The van der Waals surface area contributed by atoms with Crippen LogP contribution < -0.4 is 0 Å². The number of halogens is 1. The van der Waals surface area contributed by atoms with Crippen molar-refractivity contribution in [3.05, 3.63) is 77.0 Å². The molecule has 0 bridgehead atoms. The third kappa shape index (κ3) is 4.24. The average molecular weight is 355 g/mol. The Morgan fingerprint density at radius 1 is 1.27 bits per heavy atom. The highest BCUT2D eigenvalue weighted by Crippen LogP contribution is 2.16. The first kappa shape index (κ1) is 17.6. The fourth-order valence-corrected chi connectivity index (χ4v) is 2.43. The average Bonchev–Trinajstić information content (AvgIpc) is 3.27. The fraction of sp³-hybridized carbons (Fsp3) is 0.211. The Bertz CT molecular complexity index is 926. The lowest BCUT2D eigenvalue weighted by Gasteiger charge is -1.98. The maximum absolute atomic E-state index is 12.9. The van der Waals surface area contributed by atoms with E-state index in [2.05, 4.69) is 15.2 Å². The van der Waals surface area contributed by atoms with Gasteiger partial charge in [-0.2, -0.15) is 5.10 Å². The lowest BCUT2D eigenvalue weighted by molar-refractivity contribution is 0.101.